The molecule has 1 aliphatic rings. The number of hydrogen-bond donors (Lipinski definition) is 0. The topological polar surface area (TPSA) is 33.5 Å². The summed E-state index contributed by atoms with van der Waals surface area (Å²) in [4.78, 5) is 9.89. The van der Waals surface area contributed by atoms with Crippen LogP contribution in [-0.2, 0) is 16.2 Å². The van der Waals surface area contributed by atoms with Gasteiger partial charge in [0, 0.05) is 51.5 Å². The van der Waals surface area contributed by atoms with E-state index in [4.69, 9.17) is 16.6 Å². The van der Waals surface area contributed by atoms with E-state index in [1.807, 2.05) is 30.3 Å². The molecular formula is C72H66N4O. The van der Waals surface area contributed by atoms with Gasteiger partial charge in [0.1, 0.15) is 24.0 Å². The first kappa shape index (κ1) is 43.6. The molecule has 5 heteroatoms. The standard InChI is InChI=1S/C72H66N4O/c1-70(2,3)61-34-18-16-30-56(61)59-33-23-32-55(50-38-40-54(48-24-12-10-13-25-48)62(42-50)71(4,5)6)69(59)75-47-74(65-36-20-21-37-66(65)75)51-28-22-29-52(43-51)77-53-39-41-58-57-31-17-19-35-64(57)76(67(58)44-53)68-45-63(72(7,8)9)60(46-73-68)49-26-14-11-15-27-49/h10-46H,47H2,1-9H3/i11D,14D,15D,26D,27D. The van der Waals surface area contributed by atoms with Gasteiger partial charge in [-0.25, -0.2) is 4.98 Å². The van der Waals surface area contributed by atoms with E-state index < -0.39 is 11.5 Å². The van der Waals surface area contributed by atoms with Gasteiger partial charge in [0.15, 0.2) is 0 Å². The zero-order valence-electron chi connectivity index (χ0n) is 50.4. The van der Waals surface area contributed by atoms with Gasteiger partial charge < -0.3 is 14.5 Å². The minimum atomic E-state index is -0.491. The first-order valence-corrected chi connectivity index (χ1v) is 26.6. The maximum Gasteiger partial charge on any atom is 0.137 e. The van der Waals surface area contributed by atoms with Crippen molar-refractivity contribution in [1.82, 2.24) is 9.55 Å². The van der Waals surface area contributed by atoms with Gasteiger partial charge in [-0.3, -0.25) is 4.57 Å². The van der Waals surface area contributed by atoms with E-state index in [2.05, 4.69) is 234 Å². The lowest BCUT2D eigenvalue weighted by Crippen LogP contribution is -2.25. The number of para-hydroxylation sites is 4. The molecule has 0 aliphatic carbocycles. The van der Waals surface area contributed by atoms with Crippen molar-refractivity contribution in [3.05, 3.63) is 241 Å². The van der Waals surface area contributed by atoms with Crippen LogP contribution in [0.3, 0.4) is 0 Å². The van der Waals surface area contributed by atoms with Crippen molar-refractivity contribution < 1.29 is 11.6 Å². The number of rotatable bonds is 9. The number of anilines is 4. The van der Waals surface area contributed by atoms with E-state index in [0.717, 1.165) is 61.2 Å². The summed E-state index contributed by atoms with van der Waals surface area (Å²) in [6.45, 7) is 20.5. The summed E-state index contributed by atoms with van der Waals surface area (Å²) >= 11 is 0. The molecular weight excluding hydrogens is 937 g/mol. The molecule has 9 aromatic carbocycles. The second-order valence-corrected chi connectivity index (χ2v) is 23.3. The highest BCUT2D eigenvalue weighted by molar-refractivity contribution is 6.09. The van der Waals surface area contributed by atoms with E-state index in [0.29, 0.717) is 29.5 Å². The van der Waals surface area contributed by atoms with Gasteiger partial charge >= 0.3 is 0 Å². The predicted octanol–water partition coefficient (Wildman–Crippen LogP) is 19.8. The number of pyridine rings is 1. The van der Waals surface area contributed by atoms with E-state index in [1.54, 1.807) is 6.20 Å². The van der Waals surface area contributed by atoms with Gasteiger partial charge in [-0.15, -0.1) is 0 Å². The molecule has 1 aliphatic heterocycles. The lowest BCUT2D eigenvalue weighted by molar-refractivity contribution is 0.483. The molecule has 0 atom stereocenters. The van der Waals surface area contributed by atoms with Crippen LogP contribution < -0.4 is 14.5 Å². The average molecular weight is 1010 g/mol. The van der Waals surface area contributed by atoms with Crippen molar-refractivity contribution in [1.29, 1.82) is 0 Å². The van der Waals surface area contributed by atoms with Gasteiger partial charge in [-0.2, -0.15) is 0 Å². The van der Waals surface area contributed by atoms with Crippen LogP contribution in [0.1, 0.15) is 85.9 Å². The van der Waals surface area contributed by atoms with Gasteiger partial charge in [0.25, 0.3) is 0 Å². The van der Waals surface area contributed by atoms with Crippen molar-refractivity contribution in [2.75, 3.05) is 16.5 Å². The second kappa shape index (κ2) is 19.2. The number of ether oxygens (including phenoxy) is 1. The molecule has 380 valence electrons. The number of hydrogen-bond acceptors (Lipinski definition) is 4. The zero-order valence-corrected chi connectivity index (χ0v) is 45.4. The fourth-order valence-corrected chi connectivity index (χ4v) is 11.4. The third-order valence-electron chi connectivity index (χ3n) is 15.0. The Kier molecular flexibility index (Phi) is 10.8. The van der Waals surface area contributed by atoms with Gasteiger partial charge in [-0.05, 0) is 115 Å². The number of benzene rings is 9. The summed E-state index contributed by atoms with van der Waals surface area (Å²) in [7, 11) is 0. The van der Waals surface area contributed by atoms with E-state index >= 15 is 0 Å². The largest absolute Gasteiger partial charge is 0.457 e. The molecule has 12 rings (SSSR count). The molecule has 3 heterocycles. The molecule has 2 aromatic heterocycles. The monoisotopic (exact) mass is 1010 g/mol. The Morgan fingerprint density at radius 1 is 0.429 bits per heavy atom. The van der Waals surface area contributed by atoms with Crippen molar-refractivity contribution in [2.24, 2.45) is 0 Å². The minimum absolute atomic E-state index is 0.115. The minimum Gasteiger partial charge on any atom is -0.457 e. The number of fused-ring (bicyclic) bond motifs is 4. The van der Waals surface area contributed by atoms with Crippen LogP contribution in [0, 0.1) is 0 Å². The van der Waals surface area contributed by atoms with Crippen molar-refractivity contribution in [3.63, 3.8) is 0 Å². The van der Waals surface area contributed by atoms with E-state index in [-0.39, 0.29) is 40.6 Å². The predicted molar refractivity (Wildman–Crippen MR) is 325 cm³/mol. The first-order valence-electron chi connectivity index (χ1n) is 29.1. The maximum absolute atomic E-state index is 8.86. The maximum atomic E-state index is 8.86. The fraction of sp³-hybridized carbons (Fsp3) is 0.181. The molecule has 11 aromatic rings. The summed E-state index contributed by atoms with van der Waals surface area (Å²) in [6, 6.07) is 65.2. The second-order valence-electron chi connectivity index (χ2n) is 23.3. The summed E-state index contributed by atoms with van der Waals surface area (Å²) in [5, 5.41) is 2.06. The molecule has 0 bridgehead atoms. The van der Waals surface area contributed by atoms with Crippen molar-refractivity contribution >= 4 is 44.6 Å². The number of nitrogens with zero attached hydrogens (tertiary/aromatic N) is 4. The van der Waals surface area contributed by atoms with E-state index in [9.17, 15) is 0 Å². The molecule has 0 radical (unpaired) electrons. The van der Waals surface area contributed by atoms with Crippen LogP contribution in [0.4, 0.5) is 22.7 Å². The zero-order chi connectivity index (χ0) is 57.6. The van der Waals surface area contributed by atoms with Crippen LogP contribution in [0.5, 0.6) is 11.5 Å². The van der Waals surface area contributed by atoms with Crippen LogP contribution >= 0.6 is 0 Å². The molecule has 0 amide bonds. The van der Waals surface area contributed by atoms with Crippen molar-refractivity contribution in [3.8, 4) is 61.8 Å². The Labute approximate surface area is 461 Å². The van der Waals surface area contributed by atoms with Crippen LogP contribution in [0.25, 0.3) is 72.1 Å². The third-order valence-corrected chi connectivity index (χ3v) is 15.0. The molecule has 0 N–H and O–H groups in total. The van der Waals surface area contributed by atoms with Gasteiger partial charge in [0.2, 0.25) is 0 Å². The molecule has 77 heavy (non-hydrogen) atoms. The quantitative estimate of drug-likeness (QED) is 0.144. The Balaban J connectivity index is 0.948. The molecule has 0 unspecified atom stereocenters. The lowest BCUT2D eigenvalue weighted by Gasteiger charge is -2.30. The first-order chi connectivity index (χ1) is 39.2. The summed E-state index contributed by atoms with van der Waals surface area (Å²) in [6.07, 6.45) is 1.66. The lowest BCUT2D eigenvalue weighted by atomic mass is 9.79. The highest BCUT2D eigenvalue weighted by Crippen LogP contribution is 2.52. The molecule has 0 spiro atoms. The van der Waals surface area contributed by atoms with Crippen LogP contribution in [0.15, 0.2) is 224 Å². The van der Waals surface area contributed by atoms with Crippen LogP contribution in [0.2, 0.25) is 0 Å². The Morgan fingerprint density at radius 3 is 1.82 bits per heavy atom. The highest BCUT2D eigenvalue weighted by atomic mass is 16.5. The normalized spacial score (nSPS) is 13.8. The van der Waals surface area contributed by atoms with Crippen LogP contribution in [-0.4, -0.2) is 16.2 Å². The Morgan fingerprint density at radius 2 is 1.05 bits per heavy atom. The fourth-order valence-electron chi connectivity index (χ4n) is 11.4. The average Bonchev–Trinajstić information content (AvgIpc) is 2.92. The molecule has 0 saturated heterocycles. The smallest absolute Gasteiger partial charge is 0.137 e. The van der Waals surface area contributed by atoms with Gasteiger partial charge in [0.05, 0.1) is 34.9 Å². The van der Waals surface area contributed by atoms with Crippen molar-refractivity contribution in [2.45, 2.75) is 78.6 Å². The summed E-state index contributed by atoms with van der Waals surface area (Å²) < 4.78 is 51.9. The third kappa shape index (κ3) is 9.14. The van der Waals surface area contributed by atoms with E-state index in [1.165, 1.54) is 33.4 Å². The van der Waals surface area contributed by atoms with Gasteiger partial charge in [-0.1, -0.05) is 214 Å². The SMILES string of the molecule is [2H]c1c([2H])c([2H])c(-c2cnc(-n3c4ccccc4c4ccc(Oc5cccc(N6CN(c7c(-c8ccc(-c9ccccc9)c(C(C)(C)C)c8)cccc7-c7ccccc7C(C)(C)C)c7ccccc76)c5)cc43)cc2C(C)(C)C)c([2H])c1[2H]. The number of aromatic nitrogens is 2. The molecule has 0 saturated carbocycles. The summed E-state index contributed by atoms with van der Waals surface area (Å²) in [5.41, 5.74) is 16.6. The Hall–Kier alpha value is -8.67. The molecule has 5 nitrogen and oxygen atoms in total. The summed E-state index contributed by atoms with van der Waals surface area (Å²) in [5.74, 6) is 1.96. The molecule has 0 fully saturated rings. The Bertz CT molecular complexity index is 4290. The highest BCUT2D eigenvalue weighted by Gasteiger charge is 2.33.